The fourth-order valence-corrected chi connectivity index (χ4v) is 6.18. The van der Waals surface area contributed by atoms with E-state index in [1.54, 1.807) is 18.7 Å². The van der Waals surface area contributed by atoms with Gasteiger partial charge in [0.15, 0.2) is 0 Å². The maximum Gasteiger partial charge on any atom is 0.233 e. The van der Waals surface area contributed by atoms with Crippen molar-refractivity contribution in [1.29, 1.82) is 0 Å². The first-order chi connectivity index (χ1) is 9.87. The summed E-state index contributed by atoms with van der Waals surface area (Å²) >= 11 is 1.58. The van der Waals surface area contributed by atoms with Crippen LogP contribution < -0.4 is 5.32 Å². The third-order valence-electron chi connectivity index (χ3n) is 5.89. The van der Waals surface area contributed by atoms with E-state index in [1.807, 2.05) is 13.8 Å². The van der Waals surface area contributed by atoms with Gasteiger partial charge < -0.3 is 10.4 Å². The third kappa shape index (κ3) is 3.26. The van der Waals surface area contributed by atoms with Crippen LogP contribution in [-0.2, 0) is 4.79 Å². The van der Waals surface area contributed by atoms with Gasteiger partial charge in [0.2, 0.25) is 5.91 Å². The molecule has 2 N–H and O–H groups in total. The summed E-state index contributed by atoms with van der Waals surface area (Å²) in [5, 5.41) is 13.0. The molecule has 0 aliphatic heterocycles. The van der Waals surface area contributed by atoms with Crippen molar-refractivity contribution < 1.29 is 9.90 Å². The van der Waals surface area contributed by atoms with Crippen LogP contribution in [0.2, 0.25) is 0 Å². The molecule has 4 aliphatic rings. The molecule has 1 amide bonds. The van der Waals surface area contributed by atoms with Gasteiger partial charge in [0.05, 0.1) is 11.4 Å². The summed E-state index contributed by atoms with van der Waals surface area (Å²) in [4.78, 5) is 12.6. The number of aliphatic hydroxyl groups excluding tert-OH is 1. The number of carbonyl (C=O) groups is 1. The molecule has 0 spiro atoms. The Bertz CT molecular complexity index is 374. The van der Waals surface area contributed by atoms with E-state index >= 15 is 0 Å². The van der Waals surface area contributed by atoms with Crippen molar-refractivity contribution in [3.05, 3.63) is 0 Å². The molecular formula is C17H29NO2S. The molecular weight excluding hydrogens is 282 g/mol. The Morgan fingerprint density at radius 2 is 1.57 bits per heavy atom. The lowest BCUT2D eigenvalue weighted by atomic mass is 9.53. The van der Waals surface area contributed by atoms with Gasteiger partial charge in [-0.3, -0.25) is 4.79 Å². The van der Waals surface area contributed by atoms with Crippen molar-refractivity contribution in [1.82, 2.24) is 5.32 Å². The molecule has 0 aromatic carbocycles. The Morgan fingerprint density at radius 3 is 2.00 bits per heavy atom. The Morgan fingerprint density at radius 1 is 1.10 bits per heavy atom. The number of nitrogens with one attached hydrogen (secondary N) is 1. The highest BCUT2D eigenvalue weighted by atomic mass is 32.2. The van der Waals surface area contributed by atoms with Gasteiger partial charge in [-0.25, -0.2) is 0 Å². The smallest absolute Gasteiger partial charge is 0.233 e. The molecule has 4 fully saturated rings. The number of rotatable bonds is 5. The standard InChI is InChI=1S/C17H29NO2S/c1-10(19)11(2)21-12(3)16(20)18-17-7-13-4-14(8-17)6-15(5-13)9-17/h10-15,19H,4-9H2,1-3H3,(H,18,20)/t10-,11+,12-,13?,14?,15?,17?/m0/s1. The van der Waals surface area contributed by atoms with Crippen molar-refractivity contribution in [2.75, 3.05) is 0 Å². The fourth-order valence-electron chi connectivity index (χ4n) is 5.12. The Labute approximate surface area is 132 Å². The molecule has 0 unspecified atom stereocenters. The highest BCUT2D eigenvalue weighted by Gasteiger charge is 2.51. The Balaban J connectivity index is 1.59. The van der Waals surface area contributed by atoms with Gasteiger partial charge in [0.25, 0.3) is 0 Å². The van der Waals surface area contributed by atoms with Gasteiger partial charge in [0.1, 0.15) is 0 Å². The van der Waals surface area contributed by atoms with E-state index < -0.39 is 0 Å². The van der Waals surface area contributed by atoms with Crippen LogP contribution in [0.3, 0.4) is 0 Å². The lowest BCUT2D eigenvalue weighted by Gasteiger charge is -2.57. The predicted molar refractivity (Wildman–Crippen MR) is 87.2 cm³/mol. The summed E-state index contributed by atoms with van der Waals surface area (Å²) in [7, 11) is 0. The number of hydrogen-bond donors (Lipinski definition) is 2. The van der Waals surface area contributed by atoms with Crippen LogP contribution in [0.1, 0.15) is 59.3 Å². The molecule has 120 valence electrons. The lowest BCUT2D eigenvalue weighted by Crippen LogP contribution is -2.60. The summed E-state index contributed by atoms with van der Waals surface area (Å²) in [6.45, 7) is 5.75. The van der Waals surface area contributed by atoms with E-state index in [0.717, 1.165) is 17.8 Å². The Kier molecular flexibility index (Phi) is 4.30. The average Bonchev–Trinajstić information content (AvgIpc) is 2.35. The van der Waals surface area contributed by atoms with Gasteiger partial charge >= 0.3 is 0 Å². The van der Waals surface area contributed by atoms with E-state index in [9.17, 15) is 9.90 Å². The van der Waals surface area contributed by atoms with Gasteiger partial charge in [-0.15, -0.1) is 11.8 Å². The summed E-state index contributed by atoms with van der Waals surface area (Å²) < 4.78 is 0. The van der Waals surface area contributed by atoms with Crippen LogP contribution in [0.4, 0.5) is 0 Å². The van der Waals surface area contributed by atoms with Crippen molar-refractivity contribution in [2.24, 2.45) is 17.8 Å². The van der Waals surface area contributed by atoms with Crippen LogP contribution >= 0.6 is 11.8 Å². The van der Waals surface area contributed by atoms with Gasteiger partial charge in [0, 0.05) is 10.8 Å². The molecule has 0 radical (unpaired) electrons. The summed E-state index contributed by atoms with van der Waals surface area (Å²) in [6, 6.07) is 0. The van der Waals surface area contributed by atoms with Crippen LogP contribution in [0, 0.1) is 17.8 Å². The molecule has 3 nitrogen and oxygen atoms in total. The zero-order chi connectivity index (χ0) is 15.2. The quantitative estimate of drug-likeness (QED) is 0.820. The number of carbonyl (C=O) groups excluding carboxylic acids is 1. The maximum atomic E-state index is 12.6. The van der Waals surface area contributed by atoms with E-state index in [0.29, 0.717) is 0 Å². The second-order valence-corrected chi connectivity index (χ2v) is 9.63. The molecule has 0 aromatic heterocycles. The molecule has 4 aliphatic carbocycles. The second-order valence-electron chi connectivity index (χ2n) is 7.91. The minimum atomic E-state index is -0.371. The molecule has 3 atom stereocenters. The van der Waals surface area contributed by atoms with Crippen LogP contribution in [-0.4, -0.2) is 33.2 Å². The van der Waals surface area contributed by atoms with Gasteiger partial charge in [-0.05, 0) is 70.1 Å². The van der Waals surface area contributed by atoms with E-state index in [1.165, 1.54) is 38.5 Å². The monoisotopic (exact) mass is 311 g/mol. The molecule has 0 aromatic rings. The molecule has 4 saturated carbocycles. The molecule has 0 heterocycles. The number of hydrogen-bond acceptors (Lipinski definition) is 3. The number of aliphatic hydroxyl groups is 1. The van der Waals surface area contributed by atoms with Crippen LogP contribution in [0.15, 0.2) is 0 Å². The van der Waals surface area contributed by atoms with E-state index in [2.05, 4.69) is 5.32 Å². The SMILES string of the molecule is C[C@H](S[C@H](C)[C@H](C)O)C(=O)NC12CC3CC(CC(C3)C1)C2. The number of thioether (sulfide) groups is 1. The molecule has 21 heavy (non-hydrogen) atoms. The average molecular weight is 311 g/mol. The maximum absolute atomic E-state index is 12.6. The highest BCUT2D eigenvalue weighted by Crippen LogP contribution is 2.55. The first kappa shape index (κ1) is 15.7. The summed E-state index contributed by atoms with van der Waals surface area (Å²) in [6.07, 6.45) is 7.44. The van der Waals surface area contributed by atoms with Crippen LogP contribution in [0.25, 0.3) is 0 Å². The second kappa shape index (κ2) is 5.77. The van der Waals surface area contributed by atoms with Crippen molar-refractivity contribution in [3.8, 4) is 0 Å². The normalized spacial score (nSPS) is 41.6. The minimum absolute atomic E-state index is 0.0809. The third-order valence-corrected chi connectivity index (χ3v) is 7.34. The van der Waals surface area contributed by atoms with E-state index in [4.69, 9.17) is 0 Å². The lowest BCUT2D eigenvalue weighted by molar-refractivity contribution is -0.126. The Hall–Kier alpha value is -0.220. The zero-order valence-electron chi connectivity index (χ0n) is 13.5. The first-order valence-corrected chi connectivity index (χ1v) is 9.47. The summed E-state index contributed by atoms with van der Waals surface area (Å²) in [5.41, 5.74) is 0.106. The first-order valence-electron chi connectivity index (χ1n) is 8.52. The van der Waals surface area contributed by atoms with Crippen molar-refractivity contribution >= 4 is 17.7 Å². The molecule has 4 rings (SSSR count). The van der Waals surface area contributed by atoms with Crippen LogP contribution in [0.5, 0.6) is 0 Å². The van der Waals surface area contributed by atoms with Gasteiger partial charge in [-0.2, -0.15) is 0 Å². The van der Waals surface area contributed by atoms with Crippen molar-refractivity contribution in [3.63, 3.8) is 0 Å². The highest BCUT2D eigenvalue weighted by molar-refractivity contribution is 8.01. The number of amides is 1. The minimum Gasteiger partial charge on any atom is -0.392 e. The largest absolute Gasteiger partial charge is 0.392 e. The topological polar surface area (TPSA) is 49.3 Å². The summed E-state index contributed by atoms with van der Waals surface area (Å²) in [5.74, 6) is 2.75. The fraction of sp³-hybridized carbons (Fsp3) is 0.941. The zero-order valence-corrected chi connectivity index (χ0v) is 14.3. The van der Waals surface area contributed by atoms with Crippen molar-refractivity contribution in [2.45, 2.75) is 81.4 Å². The molecule has 0 saturated heterocycles. The molecule has 4 bridgehead atoms. The molecule has 4 heteroatoms. The van der Waals surface area contributed by atoms with Gasteiger partial charge in [-0.1, -0.05) is 6.92 Å². The predicted octanol–water partition coefficient (Wildman–Crippen LogP) is 2.96. The van der Waals surface area contributed by atoms with E-state index in [-0.39, 0.29) is 28.0 Å².